The fourth-order valence-electron chi connectivity index (χ4n) is 4.33. The highest BCUT2D eigenvalue weighted by Crippen LogP contribution is 2.46. The highest BCUT2D eigenvalue weighted by molar-refractivity contribution is 6.01. The first kappa shape index (κ1) is 20.3. The average molecular weight is 407 g/mol. The van der Waals surface area contributed by atoms with Gasteiger partial charge in [-0.05, 0) is 48.1 Å². The van der Waals surface area contributed by atoms with Crippen molar-refractivity contribution in [2.75, 3.05) is 24.4 Å². The van der Waals surface area contributed by atoms with Crippen LogP contribution in [0.4, 0.5) is 11.4 Å². The van der Waals surface area contributed by atoms with E-state index in [1.54, 1.807) is 7.11 Å². The summed E-state index contributed by atoms with van der Waals surface area (Å²) >= 11 is 0. The number of nitrogens with one attached hydrogen (secondary N) is 2. The number of fused-ring (bicyclic) bond motifs is 1. The molecule has 1 atom stereocenters. The maximum Gasteiger partial charge on any atom is 0.163 e. The predicted octanol–water partition coefficient (Wildman–Crippen LogP) is 5.71. The highest BCUT2D eigenvalue weighted by Gasteiger charge is 2.38. The van der Waals surface area contributed by atoms with E-state index >= 15 is 0 Å². The molecule has 1 heterocycles. The summed E-state index contributed by atoms with van der Waals surface area (Å²) in [6.07, 6.45) is 2.30. The molecule has 4 rings (SSSR count). The molecule has 0 amide bonds. The van der Waals surface area contributed by atoms with E-state index < -0.39 is 0 Å². The van der Waals surface area contributed by atoms with Crippen LogP contribution in [0.2, 0.25) is 0 Å². The van der Waals surface area contributed by atoms with Gasteiger partial charge in [-0.2, -0.15) is 0 Å². The second kappa shape index (κ2) is 8.05. The third kappa shape index (κ3) is 3.89. The number of rotatable bonds is 5. The number of carbonyl (C=O) groups excluding carboxylic acids is 1. The van der Waals surface area contributed by atoms with Crippen LogP contribution in [-0.2, 0) is 4.79 Å². The number of para-hydroxylation sites is 2. The Balaban J connectivity index is 1.81. The minimum Gasteiger partial charge on any atom is -0.493 e. The molecule has 2 aromatic rings. The monoisotopic (exact) mass is 406 g/mol. The van der Waals surface area contributed by atoms with Crippen molar-refractivity contribution >= 4 is 17.2 Å². The van der Waals surface area contributed by atoms with Crippen LogP contribution < -0.4 is 20.1 Å². The van der Waals surface area contributed by atoms with Crippen LogP contribution in [0.3, 0.4) is 0 Å². The normalized spacial score (nSPS) is 19.7. The van der Waals surface area contributed by atoms with Gasteiger partial charge in [0.15, 0.2) is 17.3 Å². The molecule has 0 saturated heterocycles. The minimum absolute atomic E-state index is 0.0672. The van der Waals surface area contributed by atoms with Crippen molar-refractivity contribution in [3.8, 4) is 11.5 Å². The van der Waals surface area contributed by atoms with Crippen molar-refractivity contribution in [3.05, 3.63) is 59.3 Å². The second-order valence-corrected chi connectivity index (χ2v) is 8.84. The number of methoxy groups -OCH3 is 1. The van der Waals surface area contributed by atoms with Crippen molar-refractivity contribution < 1.29 is 14.3 Å². The van der Waals surface area contributed by atoms with E-state index in [1.165, 1.54) is 0 Å². The Bertz CT molecular complexity index is 994. The van der Waals surface area contributed by atoms with E-state index in [-0.39, 0.29) is 17.2 Å². The molecular weight excluding hydrogens is 376 g/mol. The number of ketones is 1. The van der Waals surface area contributed by atoms with Gasteiger partial charge in [-0.15, -0.1) is 0 Å². The fraction of sp³-hybridized carbons (Fsp3) is 0.400. The van der Waals surface area contributed by atoms with E-state index in [0.717, 1.165) is 46.8 Å². The maximum absolute atomic E-state index is 13.3. The molecule has 0 aromatic heterocycles. The highest BCUT2D eigenvalue weighted by atomic mass is 16.5. The lowest BCUT2D eigenvalue weighted by atomic mass is 9.73. The molecule has 158 valence electrons. The number of hydrogen-bond donors (Lipinski definition) is 2. The third-order valence-corrected chi connectivity index (χ3v) is 5.70. The molecule has 0 saturated carbocycles. The molecule has 0 unspecified atom stereocenters. The molecule has 5 nitrogen and oxygen atoms in total. The van der Waals surface area contributed by atoms with Gasteiger partial charge in [-0.1, -0.05) is 39.0 Å². The zero-order valence-corrected chi connectivity index (χ0v) is 18.2. The number of anilines is 2. The number of ether oxygens (including phenoxy) is 2. The van der Waals surface area contributed by atoms with Crippen LogP contribution in [0.15, 0.2) is 53.7 Å². The Kier molecular flexibility index (Phi) is 5.46. The van der Waals surface area contributed by atoms with E-state index in [4.69, 9.17) is 9.47 Å². The first-order chi connectivity index (χ1) is 14.4. The van der Waals surface area contributed by atoms with E-state index in [0.29, 0.717) is 18.8 Å². The van der Waals surface area contributed by atoms with Crippen LogP contribution in [0.25, 0.3) is 0 Å². The third-order valence-electron chi connectivity index (χ3n) is 5.70. The topological polar surface area (TPSA) is 59.6 Å². The largest absolute Gasteiger partial charge is 0.493 e. The lowest BCUT2D eigenvalue weighted by Crippen LogP contribution is -2.31. The Morgan fingerprint density at radius 3 is 2.57 bits per heavy atom. The summed E-state index contributed by atoms with van der Waals surface area (Å²) in [6, 6.07) is 13.8. The van der Waals surface area contributed by atoms with Gasteiger partial charge in [0.25, 0.3) is 0 Å². The summed E-state index contributed by atoms with van der Waals surface area (Å²) in [4.78, 5) is 13.3. The second-order valence-electron chi connectivity index (χ2n) is 8.84. The molecule has 0 fully saturated rings. The smallest absolute Gasteiger partial charge is 0.163 e. The standard InChI is InChI=1S/C25H30N2O3/c1-5-12-30-21-11-10-16(13-22(21)29-4)24-23-19(14-25(2,3)15-20(23)28)26-17-8-6-7-9-18(17)27-24/h6-11,13,24,26-27H,5,12,14-15H2,1-4H3/t24-/m0/s1. The summed E-state index contributed by atoms with van der Waals surface area (Å²) in [5.41, 5.74) is 4.71. The SMILES string of the molecule is CCCOc1ccc([C@@H]2Nc3ccccc3NC3=C2C(=O)CC(C)(C)C3)cc1OC. The minimum atomic E-state index is -0.256. The summed E-state index contributed by atoms with van der Waals surface area (Å²) < 4.78 is 11.4. The van der Waals surface area contributed by atoms with Crippen LogP contribution in [0.5, 0.6) is 11.5 Å². The molecule has 2 aliphatic rings. The first-order valence-corrected chi connectivity index (χ1v) is 10.6. The van der Waals surface area contributed by atoms with E-state index in [9.17, 15) is 4.79 Å². The number of Topliss-reactive ketones (excluding diaryl/α,β-unsaturated/α-hetero) is 1. The van der Waals surface area contributed by atoms with Crippen molar-refractivity contribution in [2.24, 2.45) is 5.41 Å². The summed E-state index contributed by atoms with van der Waals surface area (Å²) in [6.45, 7) is 7.01. The summed E-state index contributed by atoms with van der Waals surface area (Å²) in [5.74, 6) is 1.59. The number of carbonyl (C=O) groups is 1. The Labute approximate surface area is 178 Å². The molecule has 0 spiro atoms. The van der Waals surface area contributed by atoms with E-state index in [2.05, 4.69) is 31.4 Å². The first-order valence-electron chi connectivity index (χ1n) is 10.6. The van der Waals surface area contributed by atoms with Gasteiger partial charge in [0.1, 0.15) is 0 Å². The predicted molar refractivity (Wildman–Crippen MR) is 120 cm³/mol. The van der Waals surface area contributed by atoms with Crippen LogP contribution in [0.1, 0.15) is 51.6 Å². The zero-order valence-electron chi connectivity index (χ0n) is 18.2. The maximum atomic E-state index is 13.3. The Morgan fingerprint density at radius 1 is 1.07 bits per heavy atom. The quantitative estimate of drug-likeness (QED) is 0.666. The van der Waals surface area contributed by atoms with Crippen molar-refractivity contribution in [1.29, 1.82) is 0 Å². The summed E-state index contributed by atoms with van der Waals surface area (Å²) in [7, 11) is 1.65. The van der Waals surface area contributed by atoms with Crippen LogP contribution in [0, 0.1) is 5.41 Å². The molecule has 30 heavy (non-hydrogen) atoms. The lowest BCUT2D eigenvalue weighted by molar-refractivity contribution is -0.118. The molecular formula is C25H30N2O3. The van der Waals surface area contributed by atoms with Gasteiger partial charge < -0.3 is 20.1 Å². The van der Waals surface area contributed by atoms with Gasteiger partial charge in [0, 0.05) is 17.7 Å². The molecule has 1 aliphatic carbocycles. The van der Waals surface area contributed by atoms with Crippen molar-refractivity contribution in [1.82, 2.24) is 0 Å². The molecule has 0 bridgehead atoms. The van der Waals surface area contributed by atoms with Crippen LogP contribution in [-0.4, -0.2) is 19.5 Å². The van der Waals surface area contributed by atoms with Crippen molar-refractivity contribution in [3.63, 3.8) is 0 Å². The number of allylic oxidation sites excluding steroid dienone is 1. The molecule has 2 N–H and O–H groups in total. The number of hydrogen-bond acceptors (Lipinski definition) is 5. The summed E-state index contributed by atoms with van der Waals surface area (Å²) in [5, 5.41) is 7.16. The molecule has 0 radical (unpaired) electrons. The van der Waals surface area contributed by atoms with Gasteiger partial charge in [0.2, 0.25) is 0 Å². The fourth-order valence-corrected chi connectivity index (χ4v) is 4.33. The van der Waals surface area contributed by atoms with Crippen LogP contribution >= 0.6 is 0 Å². The molecule has 1 aliphatic heterocycles. The molecule has 5 heteroatoms. The Hall–Kier alpha value is -2.95. The Morgan fingerprint density at radius 2 is 1.83 bits per heavy atom. The van der Waals surface area contributed by atoms with Gasteiger partial charge in [0.05, 0.1) is 31.1 Å². The zero-order chi connectivity index (χ0) is 21.3. The van der Waals surface area contributed by atoms with E-state index in [1.807, 2.05) is 42.5 Å². The van der Waals surface area contributed by atoms with Crippen molar-refractivity contribution in [2.45, 2.75) is 46.1 Å². The molecule has 2 aromatic carbocycles. The van der Waals surface area contributed by atoms with Gasteiger partial charge >= 0.3 is 0 Å². The van der Waals surface area contributed by atoms with Gasteiger partial charge in [-0.3, -0.25) is 4.79 Å². The van der Waals surface area contributed by atoms with Gasteiger partial charge in [-0.25, -0.2) is 0 Å². The number of benzene rings is 2. The lowest BCUT2D eigenvalue weighted by Gasteiger charge is -2.34. The average Bonchev–Trinajstić information content (AvgIpc) is 2.87.